The fourth-order valence-corrected chi connectivity index (χ4v) is 3.72. The number of thioether (sulfide) groups is 1. The first kappa shape index (κ1) is 15.7. The van der Waals surface area contributed by atoms with E-state index in [1.54, 1.807) is 54.2 Å². The molecule has 23 heavy (non-hydrogen) atoms. The van der Waals surface area contributed by atoms with Crippen LogP contribution in [0.3, 0.4) is 0 Å². The Morgan fingerprint density at radius 1 is 1.26 bits per heavy atom. The number of carbonyl (C=O) groups excluding carboxylic acids is 2. The Labute approximate surface area is 139 Å². The molecule has 0 saturated carbocycles. The van der Waals surface area contributed by atoms with Crippen molar-refractivity contribution in [3.63, 3.8) is 0 Å². The molecule has 1 aliphatic rings. The number of hydrogen-bond acceptors (Lipinski definition) is 4. The molecule has 6 heteroatoms. The number of furan rings is 1. The van der Waals surface area contributed by atoms with Crippen LogP contribution in [-0.4, -0.2) is 53.4 Å². The van der Waals surface area contributed by atoms with Crippen LogP contribution in [0.5, 0.6) is 0 Å². The SMILES string of the molecule is CN(C)C(=O)[C@@H]1CSCN1C(=O)c1cccc(-c2ccoc2)c1. The molecule has 0 aliphatic carbocycles. The standard InChI is InChI=1S/C17H18N2O3S/c1-18(2)17(21)15-10-23-11-19(15)16(20)13-5-3-4-12(8-13)14-6-7-22-9-14/h3-9,15H,10-11H2,1-2H3/t15-/m0/s1. The third kappa shape index (κ3) is 3.12. The number of amides is 2. The van der Waals surface area contributed by atoms with Gasteiger partial charge >= 0.3 is 0 Å². The largest absolute Gasteiger partial charge is 0.472 e. The van der Waals surface area contributed by atoms with Crippen molar-refractivity contribution in [2.24, 2.45) is 0 Å². The molecular weight excluding hydrogens is 312 g/mol. The van der Waals surface area contributed by atoms with E-state index in [4.69, 9.17) is 4.42 Å². The maximum atomic E-state index is 12.8. The van der Waals surface area contributed by atoms with E-state index in [0.717, 1.165) is 11.1 Å². The highest BCUT2D eigenvalue weighted by Gasteiger charge is 2.35. The summed E-state index contributed by atoms with van der Waals surface area (Å²) in [4.78, 5) is 28.3. The lowest BCUT2D eigenvalue weighted by Gasteiger charge is -2.25. The summed E-state index contributed by atoms with van der Waals surface area (Å²) >= 11 is 1.60. The lowest BCUT2D eigenvalue weighted by molar-refractivity contribution is -0.132. The first-order valence-corrected chi connectivity index (χ1v) is 8.46. The van der Waals surface area contributed by atoms with E-state index in [1.807, 2.05) is 24.3 Å². The van der Waals surface area contributed by atoms with Crippen LogP contribution in [0.2, 0.25) is 0 Å². The van der Waals surface area contributed by atoms with Gasteiger partial charge in [0, 0.05) is 31.0 Å². The molecule has 1 saturated heterocycles. The molecule has 1 aliphatic heterocycles. The van der Waals surface area contributed by atoms with E-state index in [1.165, 1.54) is 0 Å². The summed E-state index contributed by atoms with van der Waals surface area (Å²) in [6, 6.07) is 8.87. The summed E-state index contributed by atoms with van der Waals surface area (Å²) in [5.41, 5.74) is 2.44. The van der Waals surface area contributed by atoms with Gasteiger partial charge in [-0.3, -0.25) is 9.59 Å². The zero-order valence-electron chi connectivity index (χ0n) is 13.1. The lowest BCUT2D eigenvalue weighted by Crippen LogP contribution is -2.46. The van der Waals surface area contributed by atoms with Crippen molar-refractivity contribution < 1.29 is 14.0 Å². The zero-order valence-corrected chi connectivity index (χ0v) is 13.9. The predicted octanol–water partition coefficient (Wildman–Crippen LogP) is 2.55. The fraction of sp³-hybridized carbons (Fsp3) is 0.294. The number of benzene rings is 1. The smallest absolute Gasteiger partial charge is 0.255 e. The third-order valence-corrected chi connectivity index (χ3v) is 4.85. The summed E-state index contributed by atoms with van der Waals surface area (Å²) in [5, 5.41) is 0. The molecular formula is C17H18N2O3S. The Bertz CT molecular complexity index is 712. The predicted molar refractivity (Wildman–Crippen MR) is 90.1 cm³/mol. The van der Waals surface area contributed by atoms with Crippen LogP contribution < -0.4 is 0 Å². The van der Waals surface area contributed by atoms with Crippen LogP contribution in [0, 0.1) is 0 Å². The Balaban J connectivity index is 1.85. The van der Waals surface area contributed by atoms with Crippen molar-refractivity contribution in [2.45, 2.75) is 6.04 Å². The topological polar surface area (TPSA) is 53.8 Å². The average molecular weight is 330 g/mol. The molecule has 0 radical (unpaired) electrons. The maximum Gasteiger partial charge on any atom is 0.255 e. The van der Waals surface area contributed by atoms with Gasteiger partial charge in [-0.05, 0) is 23.8 Å². The maximum absolute atomic E-state index is 12.8. The normalized spacial score (nSPS) is 17.3. The molecule has 0 N–H and O–H groups in total. The first-order chi connectivity index (χ1) is 11.1. The summed E-state index contributed by atoms with van der Waals surface area (Å²) in [7, 11) is 3.43. The van der Waals surface area contributed by atoms with Crippen molar-refractivity contribution in [1.29, 1.82) is 0 Å². The average Bonchev–Trinajstić information content (AvgIpc) is 3.24. The molecule has 3 rings (SSSR count). The number of rotatable bonds is 3. The summed E-state index contributed by atoms with van der Waals surface area (Å²) < 4.78 is 5.10. The molecule has 1 atom stereocenters. The zero-order chi connectivity index (χ0) is 16.4. The molecule has 2 heterocycles. The minimum absolute atomic E-state index is 0.0330. The molecule has 5 nitrogen and oxygen atoms in total. The molecule has 120 valence electrons. The molecule has 1 fully saturated rings. The van der Waals surface area contributed by atoms with Crippen molar-refractivity contribution in [1.82, 2.24) is 9.80 Å². The van der Waals surface area contributed by atoms with Gasteiger partial charge in [0.2, 0.25) is 5.91 Å². The molecule has 2 aromatic rings. The Morgan fingerprint density at radius 3 is 2.78 bits per heavy atom. The van der Waals surface area contributed by atoms with Crippen LogP contribution in [0.15, 0.2) is 47.3 Å². The van der Waals surface area contributed by atoms with Crippen LogP contribution in [0.4, 0.5) is 0 Å². The second-order valence-electron chi connectivity index (χ2n) is 5.62. The molecule has 0 unspecified atom stereocenters. The van der Waals surface area contributed by atoms with Gasteiger partial charge in [0.15, 0.2) is 0 Å². The molecule has 1 aromatic heterocycles. The first-order valence-electron chi connectivity index (χ1n) is 7.30. The number of likely N-dealkylation sites (N-methyl/N-ethyl adjacent to an activating group) is 1. The quantitative estimate of drug-likeness (QED) is 0.868. The van der Waals surface area contributed by atoms with Gasteiger partial charge in [0.25, 0.3) is 5.91 Å². The van der Waals surface area contributed by atoms with Gasteiger partial charge in [-0.2, -0.15) is 0 Å². The second-order valence-corrected chi connectivity index (χ2v) is 6.62. The molecule has 1 aromatic carbocycles. The van der Waals surface area contributed by atoms with E-state index in [2.05, 4.69) is 0 Å². The van der Waals surface area contributed by atoms with Crippen molar-refractivity contribution in [3.05, 3.63) is 48.4 Å². The highest BCUT2D eigenvalue weighted by Crippen LogP contribution is 2.26. The highest BCUT2D eigenvalue weighted by atomic mass is 32.2. The van der Waals surface area contributed by atoms with Gasteiger partial charge in [-0.15, -0.1) is 11.8 Å². The highest BCUT2D eigenvalue weighted by molar-refractivity contribution is 7.99. The third-order valence-electron chi connectivity index (χ3n) is 3.83. The molecule has 2 amide bonds. The van der Waals surface area contributed by atoms with Gasteiger partial charge in [-0.25, -0.2) is 0 Å². The van der Waals surface area contributed by atoms with Crippen LogP contribution in [0.25, 0.3) is 11.1 Å². The van der Waals surface area contributed by atoms with Gasteiger partial charge in [-0.1, -0.05) is 12.1 Å². The van der Waals surface area contributed by atoms with Crippen LogP contribution >= 0.6 is 11.8 Å². The van der Waals surface area contributed by atoms with Crippen molar-refractivity contribution in [2.75, 3.05) is 25.7 Å². The summed E-state index contributed by atoms with van der Waals surface area (Å²) in [6.07, 6.45) is 3.25. The molecule has 0 spiro atoms. The Morgan fingerprint density at radius 2 is 2.09 bits per heavy atom. The van der Waals surface area contributed by atoms with Gasteiger partial charge in [0.05, 0.1) is 18.4 Å². The lowest BCUT2D eigenvalue weighted by atomic mass is 10.0. The van der Waals surface area contributed by atoms with Crippen LogP contribution in [-0.2, 0) is 4.79 Å². The van der Waals surface area contributed by atoms with E-state index < -0.39 is 0 Å². The van der Waals surface area contributed by atoms with E-state index in [0.29, 0.717) is 17.2 Å². The van der Waals surface area contributed by atoms with Crippen molar-refractivity contribution in [3.8, 4) is 11.1 Å². The van der Waals surface area contributed by atoms with Gasteiger partial charge in [0.1, 0.15) is 6.04 Å². The second kappa shape index (κ2) is 6.50. The Hall–Kier alpha value is -2.21. The number of hydrogen-bond donors (Lipinski definition) is 0. The van der Waals surface area contributed by atoms with E-state index in [9.17, 15) is 9.59 Å². The van der Waals surface area contributed by atoms with Crippen molar-refractivity contribution >= 4 is 23.6 Å². The fourth-order valence-electron chi connectivity index (χ4n) is 2.57. The van der Waals surface area contributed by atoms with Crippen LogP contribution in [0.1, 0.15) is 10.4 Å². The minimum Gasteiger partial charge on any atom is -0.472 e. The minimum atomic E-state index is -0.389. The Kier molecular flexibility index (Phi) is 4.43. The van der Waals surface area contributed by atoms with E-state index in [-0.39, 0.29) is 17.9 Å². The monoisotopic (exact) mass is 330 g/mol. The molecule has 0 bridgehead atoms. The summed E-state index contributed by atoms with van der Waals surface area (Å²) in [5.74, 6) is 1.04. The van der Waals surface area contributed by atoms with E-state index >= 15 is 0 Å². The van der Waals surface area contributed by atoms with Gasteiger partial charge < -0.3 is 14.2 Å². The summed E-state index contributed by atoms with van der Waals surface area (Å²) in [6.45, 7) is 0. The number of carbonyl (C=O) groups is 2. The number of nitrogens with zero attached hydrogens (tertiary/aromatic N) is 2.